The summed E-state index contributed by atoms with van der Waals surface area (Å²) in [5, 5.41) is 20.8. The lowest BCUT2D eigenvalue weighted by Gasteiger charge is -2.01. The highest BCUT2D eigenvalue weighted by atomic mass is 32.2. The van der Waals surface area contributed by atoms with E-state index in [0.717, 1.165) is 17.3 Å². The molecule has 1 rings (SSSR count). The number of aliphatic hydroxyl groups is 1. The molecule has 0 aliphatic carbocycles. The number of tetrazole rings is 1. The van der Waals surface area contributed by atoms with Crippen molar-refractivity contribution >= 4 is 23.5 Å². The van der Waals surface area contributed by atoms with Crippen LogP contribution < -0.4 is 0 Å². The normalized spacial score (nSPS) is 10.8. The summed E-state index contributed by atoms with van der Waals surface area (Å²) < 4.78 is 1.64. The summed E-state index contributed by atoms with van der Waals surface area (Å²) in [7, 11) is 0. The predicted molar refractivity (Wildman–Crippen MR) is 63.2 cm³/mol. The fourth-order valence-electron chi connectivity index (χ4n) is 1.00. The molecule has 1 N–H and O–H groups in total. The maximum atomic E-state index is 8.78. The minimum Gasteiger partial charge on any atom is -0.394 e. The molecule has 15 heavy (non-hydrogen) atoms. The Kier molecular flexibility index (Phi) is 6.78. The van der Waals surface area contributed by atoms with Crippen LogP contribution in [-0.4, -0.2) is 49.2 Å². The zero-order valence-corrected chi connectivity index (χ0v) is 10.4. The van der Waals surface area contributed by atoms with E-state index in [-0.39, 0.29) is 6.61 Å². The monoisotopic (exact) mass is 248 g/mol. The third kappa shape index (κ3) is 4.85. The van der Waals surface area contributed by atoms with Crippen molar-refractivity contribution in [3.05, 3.63) is 0 Å². The number of nitrogens with zero attached hydrogens (tertiary/aromatic N) is 4. The van der Waals surface area contributed by atoms with Crippen LogP contribution >= 0.6 is 23.5 Å². The Bertz CT molecular complexity index is 269. The Labute approximate surface area is 98.0 Å². The van der Waals surface area contributed by atoms with Crippen molar-refractivity contribution < 1.29 is 5.11 Å². The lowest BCUT2D eigenvalue weighted by atomic mass is 10.6. The Hall–Kier alpha value is -0.270. The molecule has 86 valence electrons. The molecule has 7 heteroatoms. The van der Waals surface area contributed by atoms with Crippen molar-refractivity contribution in [3.8, 4) is 0 Å². The SMILES string of the molecule is CCSCCCSc1nnnn1CCO. The Morgan fingerprint density at radius 3 is 3.00 bits per heavy atom. The van der Waals surface area contributed by atoms with Crippen LogP contribution in [-0.2, 0) is 6.54 Å². The second kappa shape index (κ2) is 7.95. The average molecular weight is 248 g/mol. The van der Waals surface area contributed by atoms with Gasteiger partial charge in [-0.2, -0.15) is 11.8 Å². The summed E-state index contributed by atoms with van der Waals surface area (Å²) in [6.07, 6.45) is 1.16. The van der Waals surface area contributed by atoms with Crippen LogP contribution in [0.4, 0.5) is 0 Å². The topological polar surface area (TPSA) is 63.8 Å². The highest BCUT2D eigenvalue weighted by Crippen LogP contribution is 2.15. The van der Waals surface area contributed by atoms with Crippen LogP contribution in [0.25, 0.3) is 0 Å². The van der Waals surface area contributed by atoms with E-state index >= 15 is 0 Å². The molecular weight excluding hydrogens is 232 g/mol. The molecule has 0 aromatic carbocycles. The van der Waals surface area contributed by atoms with Crippen LogP contribution in [0.3, 0.4) is 0 Å². The lowest BCUT2D eigenvalue weighted by molar-refractivity contribution is 0.262. The molecule has 0 atom stereocenters. The van der Waals surface area contributed by atoms with Gasteiger partial charge < -0.3 is 5.11 Å². The van der Waals surface area contributed by atoms with E-state index in [0.29, 0.717) is 6.54 Å². The highest BCUT2D eigenvalue weighted by molar-refractivity contribution is 8.00. The van der Waals surface area contributed by atoms with Gasteiger partial charge >= 0.3 is 0 Å². The highest BCUT2D eigenvalue weighted by Gasteiger charge is 2.04. The molecule has 1 heterocycles. The van der Waals surface area contributed by atoms with E-state index in [2.05, 4.69) is 22.4 Å². The van der Waals surface area contributed by atoms with Gasteiger partial charge in [-0.3, -0.25) is 0 Å². The van der Waals surface area contributed by atoms with Crippen molar-refractivity contribution in [1.29, 1.82) is 0 Å². The molecule has 1 aromatic rings. The molecule has 0 fully saturated rings. The van der Waals surface area contributed by atoms with Gasteiger partial charge in [0.2, 0.25) is 5.16 Å². The van der Waals surface area contributed by atoms with Gasteiger partial charge in [0.05, 0.1) is 13.2 Å². The minimum atomic E-state index is 0.0737. The molecule has 0 radical (unpaired) electrons. The van der Waals surface area contributed by atoms with E-state index < -0.39 is 0 Å². The van der Waals surface area contributed by atoms with E-state index in [1.165, 1.54) is 11.5 Å². The summed E-state index contributed by atoms with van der Waals surface area (Å²) in [6, 6.07) is 0. The molecule has 0 unspecified atom stereocenters. The molecule has 0 saturated carbocycles. The minimum absolute atomic E-state index is 0.0737. The molecule has 1 aromatic heterocycles. The number of aromatic nitrogens is 4. The maximum absolute atomic E-state index is 8.78. The van der Waals surface area contributed by atoms with Gasteiger partial charge in [0.1, 0.15) is 0 Å². The Balaban J connectivity index is 2.21. The van der Waals surface area contributed by atoms with E-state index in [4.69, 9.17) is 5.11 Å². The molecule has 0 aliphatic rings. The smallest absolute Gasteiger partial charge is 0.209 e. The zero-order valence-electron chi connectivity index (χ0n) is 8.80. The fourth-order valence-corrected chi connectivity index (χ4v) is 2.67. The Morgan fingerprint density at radius 2 is 2.27 bits per heavy atom. The first-order valence-electron chi connectivity index (χ1n) is 4.96. The second-order valence-corrected chi connectivity index (χ2v) is 5.26. The average Bonchev–Trinajstić information content (AvgIpc) is 2.66. The van der Waals surface area contributed by atoms with Crippen LogP contribution in [0.2, 0.25) is 0 Å². The van der Waals surface area contributed by atoms with Crippen molar-refractivity contribution in [1.82, 2.24) is 20.2 Å². The zero-order chi connectivity index (χ0) is 10.9. The molecule has 0 aliphatic heterocycles. The third-order valence-corrected chi connectivity index (χ3v) is 3.71. The van der Waals surface area contributed by atoms with Crippen LogP contribution in [0.5, 0.6) is 0 Å². The predicted octanol–water partition coefficient (Wildman–Crippen LogP) is 0.901. The summed E-state index contributed by atoms with van der Waals surface area (Å²) in [6.45, 7) is 2.71. The van der Waals surface area contributed by atoms with Crippen molar-refractivity contribution in [2.24, 2.45) is 0 Å². The van der Waals surface area contributed by atoms with Gasteiger partial charge in [0.15, 0.2) is 0 Å². The number of hydrogen-bond donors (Lipinski definition) is 1. The second-order valence-electron chi connectivity index (χ2n) is 2.81. The molecular formula is C8H16N4OS2. The van der Waals surface area contributed by atoms with E-state index in [9.17, 15) is 0 Å². The first-order chi connectivity index (χ1) is 7.38. The summed E-state index contributed by atoms with van der Waals surface area (Å²) in [5.74, 6) is 3.39. The molecule has 0 amide bonds. The molecule has 0 saturated heterocycles. The van der Waals surface area contributed by atoms with Gasteiger partial charge in [-0.05, 0) is 28.4 Å². The fraction of sp³-hybridized carbons (Fsp3) is 0.875. The number of hydrogen-bond acceptors (Lipinski definition) is 6. The Morgan fingerprint density at radius 1 is 1.40 bits per heavy atom. The number of rotatable bonds is 8. The number of aliphatic hydroxyl groups excluding tert-OH is 1. The van der Waals surface area contributed by atoms with Gasteiger partial charge in [0.25, 0.3) is 0 Å². The van der Waals surface area contributed by atoms with Gasteiger partial charge in [-0.25, -0.2) is 4.68 Å². The van der Waals surface area contributed by atoms with Gasteiger partial charge in [0, 0.05) is 5.75 Å². The molecule has 5 nitrogen and oxygen atoms in total. The quantitative estimate of drug-likeness (QED) is 0.545. The summed E-state index contributed by atoms with van der Waals surface area (Å²) in [5.41, 5.74) is 0. The lowest BCUT2D eigenvalue weighted by Crippen LogP contribution is -2.05. The van der Waals surface area contributed by atoms with E-state index in [1.807, 2.05) is 11.8 Å². The van der Waals surface area contributed by atoms with Crippen LogP contribution in [0.15, 0.2) is 5.16 Å². The molecule has 0 bridgehead atoms. The van der Waals surface area contributed by atoms with E-state index in [1.54, 1.807) is 16.4 Å². The first kappa shape index (κ1) is 12.8. The van der Waals surface area contributed by atoms with Crippen molar-refractivity contribution in [3.63, 3.8) is 0 Å². The summed E-state index contributed by atoms with van der Waals surface area (Å²) in [4.78, 5) is 0. The van der Waals surface area contributed by atoms with Gasteiger partial charge in [-0.15, -0.1) is 5.10 Å². The largest absolute Gasteiger partial charge is 0.394 e. The molecule has 0 spiro atoms. The van der Waals surface area contributed by atoms with Crippen LogP contribution in [0, 0.1) is 0 Å². The summed E-state index contributed by atoms with van der Waals surface area (Å²) >= 11 is 3.59. The first-order valence-corrected chi connectivity index (χ1v) is 7.10. The standard InChI is InChI=1S/C8H16N4OS2/c1-2-14-6-3-7-15-8-9-10-11-12(8)4-5-13/h13H,2-7H2,1H3. The third-order valence-electron chi connectivity index (χ3n) is 1.68. The van der Waals surface area contributed by atoms with Crippen LogP contribution in [0.1, 0.15) is 13.3 Å². The maximum Gasteiger partial charge on any atom is 0.209 e. The van der Waals surface area contributed by atoms with Crippen molar-refractivity contribution in [2.75, 3.05) is 23.9 Å². The van der Waals surface area contributed by atoms with Gasteiger partial charge in [-0.1, -0.05) is 18.7 Å². The number of thioether (sulfide) groups is 2. The van der Waals surface area contributed by atoms with Crippen molar-refractivity contribution in [2.45, 2.75) is 25.0 Å².